The summed E-state index contributed by atoms with van der Waals surface area (Å²) in [5, 5.41) is 21.4. The molecular weight excluding hydrogens is 445 g/mol. The Morgan fingerprint density at radius 2 is 1.81 bits per heavy atom. The molecular formula is C20H24FN3O7S. The van der Waals surface area contributed by atoms with Gasteiger partial charge in [0, 0.05) is 38.8 Å². The van der Waals surface area contributed by atoms with Crippen molar-refractivity contribution in [2.45, 2.75) is 11.0 Å². The average molecular weight is 469 g/mol. The second-order valence-corrected chi connectivity index (χ2v) is 9.15. The molecule has 1 fully saturated rings. The van der Waals surface area contributed by atoms with Crippen molar-refractivity contribution in [2.24, 2.45) is 0 Å². The predicted molar refractivity (Wildman–Crippen MR) is 113 cm³/mol. The number of hydrogen-bond acceptors (Lipinski definition) is 8. The summed E-state index contributed by atoms with van der Waals surface area (Å²) in [6.45, 7) is 1.40. The van der Waals surface area contributed by atoms with Crippen LogP contribution in [0.2, 0.25) is 0 Å². The molecule has 1 aliphatic rings. The van der Waals surface area contributed by atoms with Crippen molar-refractivity contribution in [1.82, 2.24) is 9.21 Å². The number of methoxy groups -OCH3 is 1. The van der Waals surface area contributed by atoms with Crippen molar-refractivity contribution in [1.29, 1.82) is 0 Å². The fourth-order valence-electron chi connectivity index (χ4n) is 3.35. The van der Waals surface area contributed by atoms with E-state index in [0.29, 0.717) is 18.8 Å². The SMILES string of the molecule is COc1ccc(S(=O)(=O)N2CCN(CC(O)COc3ccc(F)cc3)CC2)cc1[N+](=O)[O-]. The highest BCUT2D eigenvalue weighted by Gasteiger charge is 2.31. The Morgan fingerprint density at radius 1 is 1.16 bits per heavy atom. The number of nitro benzene ring substituents is 1. The topological polar surface area (TPSA) is 122 Å². The summed E-state index contributed by atoms with van der Waals surface area (Å²) in [6.07, 6.45) is -0.813. The molecule has 3 rings (SSSR count). The number of nitrogens with zero attached hydrogens (tertiary/aromatic N) is 3. The van der Waals surface area contributed by atoms with Gasteiger partial charge < -0.3 is 14.6 Å². The Morgan fingerprint density at radius 3 is 2.41 bits per heavy atom. The predicted octanol–water partition coefficient (Wildman–Crippen LogP) is 1.49. The number of benzene rings is 2. The standard InChI is InChI=1S/C20H24FN3O7S/c1-30-20-7-6-18(12-19(20)24(26)27)32(28,29)23-10-8-22(9-11-23)13-16(25)14-31-17-4-2-15(21)3-5-17/h2-7,12,16,25H,8-11,13-14H2,1H3. The van der Waals surface area contributed by atoms with Gasteiger partial charge in [-0.3, -0.25) is 15.0 Å². The van der Waals surface area contributed by atoms with Crippen LogP contribution in [0.1, 0.15) is 0 Å². The van der Waals surface area contributed by atoms with E-state index in [1.165, 1.54) is 47.8 Å². The molecule has 0 aliphatic carbocycles. The molecule has 0 radical (unpaired) electrons. The minimum Gasteiger partial charge on any atom is -0.491 e. The maximum atomic E-state index is 12.9. The molecule has 1 heterocycles. The number of hydrogen-bond donors (Lipinski definition) is 1. The van der Waals surface area contributed by atoms with E-state index in [4.69, 9.17) is 9.47 Å². The number of rotatable bonds is 9. The van der Waals surface area contributed by atoms with E-state index >= 15 is 0 Å². The first-order valence-electron chi connectivity index (χ1n) is 9.82. The second-order valence-electron chi connectivity index (χ2n) is 7.21. The summed E-state index contributed by atoms with van der Waals surface area (Å²) in [5.74, 6) is 0.0422. The quantitative estimate of drug-likeness (QED) is 0.433. The summed E-state index contributed by atoms with van der Waals surface area (Å²) in [7, 11) is -2.64. The fraction of sp³-hybridized carbons (Fsp3) is 0.400. The molecule has 1 aliphatic heterocycles. The van der Waals surface area contributed by atoms with Gasteiger partial charge in [-0.15, -0.1) is 0 Å². The first-order chi connectivity index (χ1) is 15.2. The van der Waals surface area contributed by atoms with Crippen molar-refractivity contribution in [3.63, 3.8) is 0 Å². The Kier molecular flexibility index (Phi) is 7.61. The molecule has 174 valence electrons. The van der Waals surface area contributed by atoms with Crippen LogP contribution in [-0.4, -0.2) is 80.2 Å². The van der Waals surface area contributed by atoms with Crippen molar-refractivity contribution < 1.29 is 32.3 Å². The maximum absolute atomic E-state index is 12.9. The molecule has 10 nitrogen and oxygen atoms in total. The van der Waals surface area contributed by atoms with Crippen LogP contribution in [0.3, 0.4) is 0 Å². The van der Waals surface area contributed by atoms with Crippen LogP contribution >= 0.6 is 0 Å². The van der Waals surface area contributed by atoms with E-state index < -0.39 is 26.7 Å². The number of halogens is 1. The number of sulfonamides is 1. The summed E-state index contributed by atoms with van der Waals surface area (Å²) in [6, 6.07) is 9.00. The Bertz CT molecular complexity index is 1040. The zero-order chi connectivity index (χ0) is 23.3. The molecule has 1 saturated heterocycles. The van der Waals surface area contributed by atoms with Crippen LogP contribution in [0.4, 0.5) is 10.1 Å². The number of ether oxygens (including phenoxy) is 2. The van der Waals surface area contributed by atoms with Crippen LogP contribution in [0.25, 0.3) is 0 Å². The van der Waals surface area contributed by atoms with E-state index in [1.807, 2.05) is 4.90 Å². The smallest absolute Gasteiger partial charge is 0.312 e. The molecule has 1 N–H and O–H groups in total. The normalized spacial score (nSPS) is 16.5. The number of nitro groups is 1. The molecule has 0 bridgehead atoms. The fourth-order valence-corrected chi connectivity index (χ4v) is 4.79. The van der Waals surface area contributed by atoms with E-state index in [9.17, 15) is 28.0 Å². The van der Waals surface area contributed by atoms with Gasteiger partial charge in [0.1, 0.15) is 24.3 Å². The highest BCUT2D eigenvalue weighted by atomic mass is 32.2. The molecule has 32 heavy (non-hydrogen) atoms. The second kappa shape index (κ2) is 10.2. The summed E-state index contributed by atoms with van der Waals surface area (Å²) in [4.78, 5) is 12.2. The van der Waals surface area contributed by atoms with Crippen molar-refractivity contribution in [2.75, 3.05) is 46.4 Å². The monoisotopic (exact) mass is 469 g/mol. The van der Waals surface area contributed by atoms with Crippen LogP contribution in [-0.2, 0) is 10.0 Å². The Hall–Kier alpha value is -2.80. The summed E-state index contributed by atoms with van der Waals surface area (Å²) >= 11 is 0. The third-order valence-electron chi connectivity index (χ3n) is 5.04. The van der Waals surface area contributed by atoms with E-state index in [-0.39, 0.29) is 42.7 Å². The molecule has 12 heteroatoms. The molecule has 2 aromatic carbocycles. The van der Waals surface area contributed by atoms with Gasteiger partial charge in [-0.05, 0) is 36.4 Å². The zero-order valence-corrected chi connectivity index (χ0v) is 18.2. The third kappa shape index (κ3) is 5.71. The lowest BCUT2D eigenvalue weighted by Gasteiger charge is -2.34. The zero-order valence-electron chi connectivity index (χ0n) is 17.4. The highest BCUT2D eigenvalue weighted by molar-refractivity contribution is 7.89. The van der Waals surface area contributed by atoms with Gasteiger partial charge in [-0.2, -0.15) is 4.31 Å². The van der Waals surface area contributed by atoms with Gasteiger partial charge in [0.2, 0.25) is 10.0 Å². The average Bonchev–Trinajstić information content (AvgIpc) is 2.78. The van der Waals surface area contributed by atoms with Crippen molar-refractivity contribution in [3.8, 4) is 11.5 Å². The summed E-state index contributed by atoms with van der Waals surface area (Å²) < 4.78 is 50.4. The van der Waals surface area contributed by atoms with Gasteiger partial charge >= 0.3 is 5.69 Å². The molecule has 0 amide bonds. The minimum absolute atomic E-state index is 0.0136. The lowest BCUT2D eigenvalue weighted by atomic mass is 10.3. The van der Waals surface area contributed by atoms with Crippen molar-refractivity contribution in [3.05, 3.63) is 58.4 Å². The molecule has 1 unspecified atom stereocenters. The number of piperazine rings is 1. The summed E-state index contributed by atoms with van der Waals surface area (Å²) in [5.41, 5.74) is -0.420. The van der Waals surface area contributed by atoms with E-state index in [0.717, 1.165) is 6.07 Å². The van der Waals surface area contributed by atoms with E-state index in [1.54, 1.807) is 0 Å². The van der Waals surface area contributed by atoms with Crippen LogP contribution in [0.5, 0.6) is 11.5 Å². The number of aliphatic hydroxyl groups excluding tert-OH is 1. The van der Waals surface area contributed by atoms with Gasteiger partial charge in [0.15, 0.2) is 5.75 Å². The van der Waals surface area contributed by atoms with Gasteiger partial charge in [0.05, 0.1) is 16.9 Å². The van der Waals surface area contributed by atoms with Crippen LogP contribution in [0, 0.1) is 15.9 Å². The first-order valence-corrected chi connectivity index (χ1v) is 11.3. The number of β-amino-alcohol motifs (C(OH)–C–C–N with tert-alkyl or cyclic N) is 1. The van der Waals surface area contributed by atoms with Gasteiger partial charge in [-0.25, -0.2) is 12.8 Å². The van der Waals surface area contributed by atoms with E-state index in [2.05, 4.69) is 0 Å². The molecule has 0 saturated carbocycles. The van der Waals surface area contributed by atoms with Crippen LogP contribution < -0.4 is 9.47 Å². The largest absolute Gasteiger partial charge is 0.491 e. The molecule has 2 aromatic rings. The Balaban J connectivity index is 1.54. The van der Waals surface area contributed by atoms with Gasteiger partial charge in [0.25, 0.3) is 0 Å². The third-order valence-corrected chi connectivity index (χ3v) is 6.94. The molecule has 0 aromatic heterocycles. The Labute approximate surface area is 185 Å². The maximum Gasteiger partial charge on any atom is 0.312 e. The van der Waals surface area contributed by atoms with Crippen molar-refractivity contribution >= 4 is 15.7 Å². The van der Waals surface area contributed by atoms with Crippen LogP contribution in [0.15, 0.2) is 47.4 Å². The molecule has 0 spiro atoms. The first kappa shape index (κ1) is 23.9. The molecule has 1 atom stereocenters. The number of aliphatic hydroxyl groups is 1. The minimum atomic E-state index is -3.92. The lowest BCUT2D eigenvalue weighted by Crippen LogP contribution is -2.50. The lowest BCUT2D eigenvalue weighted by molar-refractivity contribution is -0.386. The van der Waals surface area contributed by atoms with Gasteiger partial charge in [-0.1, -0.05) is 0 Å². The highest BCUT2D eigenvalue weighted by Crippen LogP contribution is 2.30.